The van der Waals surface area contributed by atoms with E-state index in [1.807, 2.05) is 12.1 Å². The number of amides is 1. The van der Waals surface area contributed by atoms with Gasteiger partial charge in [-0.3, -0.25) is 19.5 Å². The Morgan fingerprint density at radius 1 is 1.61 bits per heavy atom. The lowest BCUT2D eigenvalue weighted by Crippen LogP contribution is -2.57. The first-order valence-electron chi connectivity index (χ1n) is 5.79. The maximum atomic E-state index is 11.3. The van der Waals surface area contributed by atoms with Crippen LogP contribution in [0.15, 0.2) is 24.5 Å². The van der Waals surface area contributed by atoms with Crippen LogP contribution in [0, 0.1) is 0 Å². The average Bonchev–Trinajstić information content (AvgIpc) is 2.37. The number of hydrogen-bond donors (Lipinski definition) is 2. The summed E-state index contributed by atoms with van der Waals surface area (Å²) in [6.45, 7) is 0.842. The zero-order valence-electron chi connectivity index (χ0n) is 9.87. The molecule has 0 bridgehead atoms. The fourth-order valence-corrected chi connectivity index (χ4v) is 1.99. The highest BCUT2D eigenvalue weighted by Gasteiger charge is 2.31. The summed E-state index contributed by atoms with van der Waals surface area (Å²) in [6, 6.07) is 3.14. The molecular weight excluding hydrogens is 234 g/mol. The van der Waals surface area contributed by atoms with Gasteiger partial charge in [0.2, 0.25) is 5.91 Å². The number of carbonyl (C=O) groups is 2. The number of hydrogen-bond acceptors (Lipinski definition) is 4. The Hall–Kier alpha value is -1.95. The van der Waals surface area contributed by atoms with Gasteiger partial charge in [0.25, 0.3) is 0 Å². The molecule has 1 saturated heterocycles. The number of pyridine rings is 1. The van der Waals surface area contributed by atoms with E-state index in [0.717, 1.165) is 5.56 Å². The number of rotatable bonds is 4. The summed E-state index contributed by atoms with van der Waals surface area (Å²) < 4.78 is 0. The second-order valence-corrected chi connectivity index (χ2v) is 4.24. The summed E-state index contributed by atoms with van der Waals surface area (Å²) in [5.41, 5.74) is 1.03. The molecule has 0 spiro atoms. The molecule has 0 aromatic carbocycles. The summed E-state index contributed by atoms with van der Waals surface area (Å²) in [4.78, 5) is 28.1. The van der Waals surface area contributed by atoms with Crippen molar-refractivity contribution >= 4 is 11.9 Å². The third-order valence-corrected chi connectivity index (χ3v) is 2.98. The molecule has 2 rings (SSSR count). The number of nitrogens with one attached hydrogen (secondary N) is 1. The number of carboxylic acids is 1. The minimum Gasteiger partial charge on any atom is -0.480 e. The van der Waals surface area contributed by atoms with Gasteiger partial charge in [0, 0.05) is 25.5 Å². The normalized spacial score (nSPS) is 20.4. The molecular formula is C12H15N3O3. The van der Waals surface area contributed by atoms with E-state index in [1.165, 1.54) is 0 Å². The highest BCUT2D eigenvalue weighted by Crippen LogP contribution is 2.07. The van der Waals surface area contributed by atoms with Crippen LogP contribution >= 0.6 is 0 Å². The predicted octanol–water partition coefficient (Wildman–Crippen LogP) is -0.491. The van der Waals surface area contributed by atoms with Crippen LogP contribution < -0.4 is 5.32 Å². The van der Waals surface area contributed by atoms with Gasteiger partial charge >= 0.3 is 5.97 Å². The minimum atomic E-state index is -0.902. The van der Waals surface area contributed by atoms with Crippen molar-refractivity contribution < 1.29 is 14.7 Å². The summed E-state index contributed by atoms with van der Waals surface area (Å²) in [6.07, 6.45) is 4.13. The fraction of sp³-hybridized carbons (Fsp3) is 0.417. The van der Waals surface area contributed by atoms with Gasteiger partial charge in [-0.05, 0) is 18.1 Å². The van der Waals surface area contributed by atoms with Crippen molar-refractivity contribution in [3.8, 4) is 0 Å². The van der Waals surface area contributed by atoms with Gasteiger partial charge in [0.15, 0.2) is 0 Å². The van der Waals surface area contributed by atoms with Crippen molar-refractivity contribution in [1.82, 2.24) is 15.2 Å². The van der Waals surface area contributed by atoms with Crippen LogP contribution in [-0.2, 0) is 16.0 Å². The van der Waals surface area contributed by atoms with E-state index in [-0.39, 0.29) is 19.0 Å². The van der Waals surface area contributed by atoms with E-state index in [9.17, 15) is 9.59 Å². The third-order valence-electron chi connectivity index (χ3n) is 2.98. The summed E-state index contributed by atoms with van der Waals surface area (Å²) >= 11 is 0. The van der Waals surface area contributed by atoms with Crippen LogP contribution in [0.4, 0.5) is 0 Å². The number of aromatic nitrogens is 1. The van der Waals surface area contributed by atoms with Gasteiger partial charge in [-0.15, -0.1) is 0 Å². The SMILES string of the molecule is O=C1CN(CCc2cccnc2)C(C(=O)O)CN1. The maximum Gasteiger partial charge on any atom is 0.322 e. The summed E-state index contributed by atoms with van der Waals surface area (Å²) in [5.74, 6) is -1.03. The van der Waals surface area contributed by atoms with E-state index in [0.29, 0.717) is 13.0 Å². The Morgan fingerprint density at radius 2 is 2.44 bits per heavy atom. The lowest BCUT2D eigenvalue weighted by atomic mass is 10.1. The van der Waals surface area contributed by atoms with Crippen molar-refractivity contribution in [3.05, 3.63) is 30.1 Å². The standard InChI is InChI=1S/C12H15N3O3/c16-11-8-15(10(7-14-11)12(17)18)5-3-9-2-1-4-13-6-9/h1-2,4,6,10H,3,5,7-8H2,(H,14,16)(H,17,18). The van der Waals surface area contributed by atoms with Gasteiger partial charge < -0.3 is 10.4 Å². The number of aliphatic carboxylic acids is 1. The largest absolute Gasteiger partial charge is 0.480 e. The zero-order chi connectivity index (χ0) is 13.0. The lowest BCUT2D eigenvalue weighted by Gasteiger charge is -2.32. The van der Waals surface area contributed by atoms with Crippen molar-refractivity contribution in [2.75, 3.05) is 19.6 Å². The molecule has 0 radical (unpaired) electrons. The van der Waals surface area contributed by atoms with E-state index in [1.54, 1.807) is 17.3 Å². The fourth-order valence-electron chi connectivity index (χ4n) is 1.99. The van der Waals surface area contributed by atoms with Crippen molar-refractivity contribution in [1.29, 1.82) is 0 Å². The first-order valence-corrected chi connectivity index (χ1v) is 5.79. The van der Waals surface area contributed by atoms with E-state index >= 15 is 0 Å². The second kappa shape index (κ2) is 5.59. The Labute approximate surface area is 105 Å². The minimum absolute atomic E-state index is 0.126. The van der Waals surface area contributed by atoms with Crippen LogP contribution in [-0.4, -0.2) is 52.5 Å². The topological polar surface area (TPSA) is 82.5 Å². The predicted molar refractivity (Wildman–Crippen MR) is 63.9 cm³/mol. The monoisotopic (exact) mass is 249 g/mol. The lowest BCUT2D eigenvalue weighted by molar-refractivity contribution is -0.145. The van der Waals surface area contributed by atoms with Crippen molar-refractivity contribution in [2.45, 2.75) is 12.5 Å². The molecule has 1 aliphatic rings. The molecule has 1 fully saturated rings. The first kappa shape index (κ1) is 12.5. The Balaban J connectivity index is 1.96. The quantitative estimate of drug-likeness (QED) is 0.752. The molecule has 18 heavy (non-hydrogen) atoms. The Morgan fingerprint density at radius 3 is 3.11 bits per heavy atom. The number of piperazine rings is 1. The molecule has 1 unspecified atom stereocenters. The molecule has 2 heterocycles. The van der Waals surface area contributed by atoms with Gasteiger partial charge in [-0.25, -0.2) is 0 Å². The van der Waals surface area contributed by atoms with Crippen LogP contribution in [0.2, 0.25) is 0 Å². The highest BCUT2D eigenvalue weighted by atomic mass is 16.4. The average molecular weight is 249 g/mol. The van der Waals surface area contributed by atoms with Crippen LogP contribution in [0.25, 0.3) is 0 Å². The third kappa shape index (κ3) is 3.04. The number of carboxylic acid groups (broad SMARTS) is 1. The molecule has 6 nitrogen and oxygen atoms in total. The molecule has 0 aliphatic carbocycles. The Bertz CT molecular complexity index is 435. The first-order chi connectivity index (χ1) is 8.66. The summed E-state index contributed by atoms with van der Waals surface area (Å²) in [7, 11) is 0. The molecule has 96 valence electrons. The molecule has 1 aromatic rings. The molecule has 6 heteroatoms. The van der Waals surface area contributed by atoms with E-state index in [4.69, 9.17) is 5.11 Å². The molecule has 1 amide bonds. The zero-order valence-corrected chi connectivity index (χ0v) is 9.87. The molecule has 1 atom stereocenters. The van der Waals surface area contributed by atoms with Gasteiger partial charge in [0.05, 0.1) is 6.54 Å². The number of carbonyl (C=O) groups excluding carboxylic acids is 1. The van der Waals surface area contributed by atoms with E-state index in [2.05, 4.69) is 10.3 Å². The molecule has 1 aromatic heterocycles. The maximum absolute atomic E-state index is 11.3. The highest BCUT2D eigenvalue weighted by molar-refractivity contribution is 5.83. The summed E-state index contributed by atoms with van der Waals surface area (Å²) in [5, 5.41) is 11.7. The van der Waals surface area contributed by atoms with Crippen molar-refractivity contribution in [3.63, 3.8) is 0 Å². The van der Waals surface area contributed by atoms with E-state index < -0.39 is 12.0 Å². The smallest absolute Gasteiger partial charge is 0.322 e. The molecule has 0 saturated carbocycles. The van der Waals surface area contributed by atoms with Crippen LogP contribution in [0.3, 0.4) is 0 Å². The van der Waals surface area contributed by atoms with Gasteiger partial charge in [-0.2, -0.15) is 0 Å². The molecule has 1 aliphatic heterocycles. The number of nitrogens with zero attached hydrogens (tertiary/aromatic N) is 2. The van der Waals surface area contributed by atoms with Gasteiger partial charge in [0.1, 0.15) is 6.04 Å². The van der Waals surface area contributed by atoms with Crippen molar-refractivity contribution in [2.24, 2.45) is 0 Å². The second-order valence-electron chi connectivity index (χ2n) is 4.24. The van der Waals surface area contributed by atoms with Crippen LogP contribution in [0.1, 0.15) is 5.56 Å². The van der Waals surface area contributed by atoms with Gasteiger partial charge in [-0.1, -0.05) is 6.07 Å². The molecule has 2 N–H and O–H groups in total. The van der Waals surface area contributed by atoms with Crippen LogP contribution in [0.5, 0.6) is 0 Å². The Kier molecular flexibility index (Phi) is 3.88.